The van der Waals surface area contributed by atoms with Gasteiger partial charge in [0.15, 0.2) is 0 Å². The third-order valence-corrected chi connectivity index (χ3v) is 6.52. The molecule has 0 unspecified atom stereocenters. The molecule has 0 spiro atoms. The fourth-order valence-electron chi connectivity index (χ4n) is 4.51. The minimum atomic E-state index is -0.304. The molecular weight excluding hydrogens is 507 g/mol. The van der Waals surface area contributed by atoms with Gasteiger partial charge in [-0.25, -0.2) is 14.4 Å². The number of carbonyl (C=O) groups excluding carboxylic acids is 1. The maximum absolute atomic E-state index is 12.4. The SMILES string of the molecule is CN(C)CC=CC(=O)Nc1ccnc(-c2cccc3cnc(Nc4ccc(NC5CN(CCF)C5)cc4)nc23)c1. The first-order valence-electron chi connectivity index (χ1n) is 13.2. The van der Waals surface area contributed by atoms with Gasteiger partial charge in [-0.15, -0.1) is 0 Å². The zero-order valence-corrected chi connectivity index (χ0v) is 22.6. The standard InChI is InChI=1S/C30H33FN8O/c1-38(2)15-4-7-28(40)35-24-12-14-32-27(17-24)26-6-3-5-21-18-33-30(37-29(21)26)36-23-10-8-22(9-11-23)34-25-19-39(20-25)16-13-31/h3-12,14,17-18,25,34H,13,15-16,19-20H2,1-2H3,(H,32,35,40)(H,33,36,37). The van der Waals surface area contributed by atoms with Crippen molar-refractivity contribution < 1.29 is 9.18 Å². The van der Waals surface area contributed by atoms with Gasteiger partial charge in [-0.2, -0.15) is 0 Å². The molecule has 1 aliphatic rings. The molecule has 3 N–H and O–H groups in total. The van der Waals surface area contributed by atoms with Crippen LogP contribution in [-0.4, -0.2) is 83.6 Å². The molecule has 206 valence electrons. The Kier molecular flexibility index (Phi) is 8.58. The number of amides is 1. The van der Waals surface area contributed by atoms with E-state index in [1.54, 1.807) is 18.5 Å². The van der Waals surface area contributed by atoms with Crippen molar-refractivity contribution in [2.24, 2.45) is 0 Å². The topological polar surface area (TPSA) is 98.3 Å². The molecule has 4 aromatic rings. The number of para-hydroxylation sites is 1. The molecule has 0 bridgehead atoms. The summed E-state index contributed by atoms with van der Waals surface area (Å²) in [4.78, 5) is 30.2. The van der Waals surface area contributed by atoms with Gasteiger partial charge < -0.3 is 20.9 Å². The average Bonchev–Trinajstić information content (AvgIpc) is 2.92. The van der Waals surface area contributed by atoms with Crippen LogP contribution < -0.4 is 16.0 Å². The van der Waals surface area contributed by atoms with Crippen LogP contribution in [0.3, 0.4) is 0 Å². The Bertz CT molecular complexity index is 1490. The number of pyridine rings is 1. The molecule has 2 aromatic carbocycles. The molecule has 5 rings (SSSR count). The number of carbonyl (C=O) groups is 1. The van der Waals surface area contributed by atoms with Crippen LogP contribution in [0.4, 0.5) is 27.4 Å². The molecule has 3 heterocycles. The number of alkyl halides is 1. The fourth-order valence-corrected chi connectivity index (χ4v) is 4.51. The summed E-state index contributed by atoms with van der Waals surface area (Å²) >= 11 is 0. The molecule has 0 saturated carbocycles. The van der Waals surface area contributed by atoms with Gasteiger partial charge in [-0.1, -0.05) is 24.3 Å². The van der Waals surface area contributed by atoms with Crippen LogP contribution in [-0.2, 0) is 4.79 Å². The van der Waals surface area contributed by atoms with Gasteiger partial charge in [0.2, 0.25) is 11.9 Å². The van der Waals surface area contributed by atoms with E-state index in [2.05, 4.69) is 30.8 Å². The smallest absolute Gasteiger partial charge is 0.248 e. The lowest BCUT2D eigenvalue weighted by molar-refractivity contribution is -0.111. The number of likely N-dealkylation sites (N-methyl/N-ethyl adjacent to an activating group) is 1. The van der Waals surface area contributed by atoms with Gasteiger partial charge in [-0.3, -0.25) is 14.7 Å². The summed E-state index contributed by atoms with van der Waals surface area (Å²) in [5.41, 5.74) is 4.82. The number of hydrogen-bond acceptors (Lipinski definition) is 8. The predicted octanol–water partition coefficient (Wildman–Crippen LogP) is 4.56. The summed E-state index contributed by atoms with van der Waals surface area (Å²) in [6, 6.07) is 17.8. The number of aromatic nitrogens is 3. The maximum atomic E-state index is 12.4. The summed E-state index contributed by atoms with van der Waals surface area (Å²) in [7, 11) is 3.89. The van der Waals surface area contributed by atoms with Crippen molar-refractivity contribution in [2.45, 2.75) is 6.04 Å². The van der Waals surface area contributed by atoms with E-state index in [9.17, 15) is 9.18 Å². The second-order valence-electron chi connectivity index (χ2n) is 10.0. The molecule has 1 saturated heterocycles. The van der Waals surface area contributed by atoms with Crippen LogP contribution in [0.5, 0.6) is 0 Å². The van der Waals surface area contributed by atoms with Crippen LogP contribution in [0.15, 0.2) is 79.1 Å². The molecule has 1 fully saturated rings. The number of likely N-dealkylation sites (tertiary alicyclic amines) is 1. The van der Waals surface area contributed by atoms with Gasteiger partial charge >= 0.3 is 0 Å². The highest BCUT2D eigenvalue weighted by atomic mass is 19.1. The summed E-state index contributed by atoms with van der Waals surface area (Å²) in [6.07, 6.45) is 6.80. The van der Waals surface area contributed by atoms with Crippen LogP contribution in [0.1, 0.15) is 0 Å². The summed E-state index contributed by atoms with van der Waals surface area (Å²) in [5.74, 6) is 0.274. The predicted molar refractivity (Wildman–Crippen MR) is 159 cm³/mol. The number of anilines is 4. The highest BCUT2D eigenvalue weighted by molar-refractivity contribution is 6.00. The van der Waals surface area contributed by atoms with Gasteiger partial charge in [0.1, 0.15) is 6.67 Å². The summed E-state index contributed by atoms with van der Waals surface area (Å²) < 4.78 is 12.4. The first-order valence-corrected chi connectivity index (χ1v) is 13.2. The van der Waals surface area contributed by atoms with Crippen molar-refractivity contribution in [3.05, 3.63) is 79.1 Å². The zero-order valence-electron chi connectivity index (χ0n) is 22.6. The third-order valence-electron chi connectivity index (χ3n) is 6.52. The van der Waals surface area contributed by atoms with Crippen molar-refractivity contribution in [1.82, 2.24) is 24.8 Å². The molecule has 1 amide bonds. The van der Waals surface area contributed by atoms with E-state index in [0.29, 0.717) is 36.5 Å². The molecular formula is C30H33FN8O. The highest BCUT2D eigenvalue weighted by Gasteiger charge is 2.25. The largest absolute Gasteiger partial charge is 0.380 e. The Morgan fingerprint density at radius 3 is 2.65 bits per heavy atom. The highest BCUT2D eigenvalue weighted by Crippen LogP contribution is 2.28. The normalized spacial score (nSPS) is 14.0. The molecule has 40 heavy (non-hydrogen) atoms. The molecule has 0 aliphatic carbocycles. The lowest BCUT2D eigenvalue weighted by atomic mass is 10.1. The van der Waals surface area contributed by atoms with Crippen LogP contribution >= 0.6 is 0 Å². The van der Waals surface area contributed by atoms with E-state index in [0.717, 1.165) is 40.9 Å². The van der Waals surface area contributed by atoms with Crippen molar-refractivity contribution in [2.75, 3.05) is 62.9 Å². The van der Waals surface area contributed by atoms with Crippen molar-refractivity contribution in [3.8, 4) is 11.3 Å². The van der Waals surface area contributed by atoms with Crippen molar-refractivity contribution in [1.29, 1.82) is 0 Å². The molecule has 0 atom stereocenters. The minimum absolute atomic E-state index is 0.196. The molecule has 1 aliphatic heterocycles. The maximum Gasteiger partial charge on any atom is 0.248 e. The average molecular weight is 541 g/mol. The van der Waals surface area contributed by atoms with Gasteiger partial charge in [0.05, 0.1) is 17.3 Å². The zero-order chi connectivity index (χ0) is 27.9. The second kappa shape index (κ2) is 12.6. The Morgan fingerprint density at radius 1 is 1.07 bits per heavy atom. The Labute approximate surface area is 233 Å². The molecule has 2 aromatic heterocycles. The monoisotopic (exact) mass is 540 g/mol. The number of fused-ring (bicyclic) bond motifs is 1. The van der Waals surface area contributed by atoms with E-state index in [1.165, 1.54) is 6.08 Å². The number of benzene rings is 2. The Balaban J connectivity index is 1.28. The number of hydrogen-bond donors (Lipinski definition) is 3. The Morgan fingerprint density at radius 2 is 1.88 bits per heavy atom. The van der Waals surface area contributed by atoms with Gasteiger partial charge in [0, 0.05) is 72.7 Å². The van der Waals surface area contributed by atoms with Crippen LogP contribution in [0.2, 0.25) is 0 Å². The Hall–Kier alpha value is -4.41. The molecule has 0 radical (unpaired) electrons. The van der Waals surface area contributed by atoms with E-state index < -0.39 is 0 Å². The van der Waals surface area contributed by atoms with Gasteiger partial charge in [0.25, 0.3) is 0 Å². The summed E-state index contributed by atoms with van der Waals surface area (Å²) in [5, 5.41) is 10.5. The fraction of sp³-hybridized carbons (Fsp3) is 0.267. The number of nitrogens with zero attached hydrogens (tertiary/aromatic N) is 5. The first kappa shape index (κ1) is 27.2. The quantitative estimate of drug-likeness (QED) is 0.238. The van der Waals surface area contributed by atoms with E-state index in [4.69, 9.17) is 4.98 Å². The van der Waals surface area contributed by atoms with E-state index >= 15 is 0 Å². The number of nitrogens with one attached hydrogen (secondary N) is 3. The molecule has 9 nitrogen and oxygen atoms in total. The lowest BCUT2D eigenvalue weighted by Gasteiger charge is -2.39. The lowest BCUT2D eigenvalue weighted by Crippen LogP contribution is -2.55. The minimum Gasteiger partial charge on any atom is -0.380 e. The second-order valence-corrected chi connectivity index (χ2v) is 10.0. The van der Waals surface area contributed by atoms with Crippen LogP contribution in [0, 0.1) is 0 Å². The van der Waals surface area contributed by atoms with Gasteiger partial charge in [-0.05, 0) is 50.5 Å². The summed E-state index contributed by atoms with van der Waals surface area (Å²) in [6.45, 7) is 2.59. The number of rotatable bonds is 11. The number of halogens is 1. The van der Waals surface area contributed by atoms with Crippen molar-refractivity contribution in [3.63, 3.8) is 0 Å². The third kappa shape index (κ3) is 6.96. The van der Waals surface area contributed by atoms with Crippen molar-refractivity contribution >= 4 is 39.8 Å². The van der Waals surface area contributed by atoms with E-state index in [1.807, 2.05) is 73.6 Å². The van der Waals surface area contributed by atoms with Crippen LogP contribution in [0.25, 0.3) is 22.2 Å². The van der Waals surface area contributed by atoms with E-state index in [-0.39, 0.29) is 12.6 Å². The first-order chi connectivity index (χ1) is 19.5. The molecule has 10 heteroatoms.